The van der Waals surface area contributed by atoms with E-state index < -0.39 is 27.1 Å². The second-order valence-electron chi connectivity index (χ2n) is 4.34. The first-order valence-electron chi connectivity index (χ1n) is 5.98. The van der Waals surface area contributed by atoms with Crippen molar-refractivity contribution in [2.45, 2.75) is 0 Å². The first-order chi connectivity index (χ1) is 10.8. The van der Waals surface area contributed by atoms with Crippen LogP contribution in [-0.4, -0.2) is 21.2 Å². The third kappa shape index (κ3) is 4.38. The van der Waals surface area contributed by atoms with Gasteiger partial charge in [-0.05, 0) is 18.2 Å². The predicted octanol–water partition coefficient (Wildman–Crippen LogP) is 3.24. The molecule has 2 aromatic carbocycles. The molecule has 0 aliphatic heterocycles. The van der Waals surface area contributed by atoms with Gasteiger partial charge in [0.05, 0.1) is 31.5 Å². The van der Waals surface area contributed by atoms with Gasteiger partial charge in [0.25, 0.3) is 17.3 Å². The Hall–Kier alpha value is -2.75. The summed E-state index contributed by atoms with van der Waals surface area (Å²) in [6.45, 7) is 0. The van der Waals surface area contributed by atoms with E-state index in [2.05, 4.69) is 5.32 Å². The minimum absolute atomic E-state index is 0. The lowest BCUT2D eigenvalue weighted by Gasteiger charge is -2.06. The van der Waals surface area contributed by atoms with Gasteiger partial charge in [0.2, 0.25) is 0 Å². The molecule has 0 radical (unpaired) electrons. The minimum atomic E-state index is -0.817. The molecular formula is C13H9Cl2N3O6. The Labute approximate surface area is 144 Å². The van der Waals surface area contributed by atoms with Crippen LogP contribution in [0.1, 0.15) is 10.4 Å². The van der Waals surface area contributed by atoms with Crippen molar-refractivity contribution in [2.75, 3.05) is 5.32 Å². The highest BCUT2D eigenvalue weighted by atomic mass is 35.5. The number of non-ortho nitro benzene ring substituents is 2. The SMILES string of the molecule is O.O=C(Nc1ccc(Cl)c(Cl)c1)c1cc([N+](=O)[O-])cc([N+](=O)[O-])c1. The molecule has 3 N–H and O–H groups in total. The molecule has 0 saturated carbocycles. The predicted molar refractivity (Wildman–Crippen MR) is 87.8 cm³/mol. The number of nitrogens with zero attached hydrogens (tertiary/aromatic N) is 2. The van der Waals surface area contributed by atoms with E-state index in [4.69, 9.17) is 23.2 Å². The number of carbonyl (C=O) groups is 1. The number of rotatable bonds is 4. The maximum absolute atomic E-state index is 12.1. The second-order valence-corrected chi connectivity index (χ2v) is 5.15. The van der Waals surface area contributed by atoms with E-state index in [0.717, 1.165) is 18.2 Å². The first kappa shape index (κ1) is 19.3. The van der Waals surface area contributed by atoms with E-state index in [9.17, 15) is 25.0 Å². The van der Waals surface area contributed by atoms with Crippen LogP contribution in [0.4, 0.5) is 17.1 Å². The van der Waals surface area contributed by atoms with E-state index in [-0.39, 0.29) is 21.1 Å². The summed E-state index contributed by atoms with van der Waals surface area (Å²) < 4.78 is 0. The van der Waals surface area contributed by atoms with Crippen molar-refractivity contribution in [3.8, 4) is 0 Å². The zero-order valence-electron chi connectivity index (χ0n) is 11.7. The first-order valence-corrected chi connectivity index (χ1v) is 6.74. The molecule has 2 rings (SSSR count). The van der Waals surface area contributed by atoms with E-state index in [0.29, 0.717) is 5.69 Å². The Morgan fingerprint density at radius 2 is 1.46 bits per heavy atom. The van der Waals surface area contributed by atoms with Crippen LogP contribution in [0.2, 0.25) is 10.0 Å². The van der Waals surface area contributed by atoms with E-state index in [1.807, 2.05) is 0 Å². The highest BCUT2D eigenvalue weighted by Gasteiger charge is 2.20. The van der Waals surface area contributed by atoms with Crippen molar-refractivity contribution in [1.29, 1.82) is 0 Å². The van der Waals surface area contributed by atoms with Crippen LogP contribution >= 0.6 is 23.2 Å². The molecule has 126 valence electrons. The molecule has 0 atom stereocenters. The van der Waals surface area contributed by atoms with Crippen LogP contribution in [0.3, 0.4) is 0 Å². The molecule has 0 aliphatic rings. The second kappa shape index (κ2) is 7.68. The average molecular weight is 374 g/mol. The quantitative estimate of drug-likeness (QED) is 0.644. The number of carbonyl (C=O) groups excluding carboxylic acids is 1. The molecule has 0 heterocycles. The molecule has 2 aromatic rings. The molecule has 1 amide bonds. The Kier molecular flexibility index (Phi) is 6.18. The standard InChI is InChI=1S/C13H7Cl2N3O5.H2O/c14-11-2-1-8(5-12(11)15)16-13(19)7-3-9(17(20)21)6-10(4-7)18(22)23;/h1-6H,(H,16,19);1H2. The Morgan fingerprint density at radius 3 is 1.92 bits per heavy atom. The fourth-order valence-electron chi connectivity index (χ4n) is 1.71. The van der Waals surface area contributed by atoms with E-state index >= 15 is 0 Å². The van der Waals surface area contributed by atoms with Crippen LogP contribution in [0, 0.1) is 20.2 Å². The van der Waals surface area contributed by atoms with Crippen molar-refractivity contribution in [3.05, 3.63) is 72.2 Å². The maximum atomic E-state index is 12.1. The molecule has 0 saturated heterocycles. The largest absolute Gasteiger partial charge is 0.412 e. The highest BCUT2D eigenvalue weighted by molar-refractivity contribution is 6.42. The Balaban J connectivity index is 0.00000288. The smallest absolute Gasteiger partial charge is 0.277 e. The number of nitrogens with one attached hydrogen (secondary N) is 1. The van der Waals surface area contributed by atoms with Crippen molar-refractivity contribution in [1.82, 2.24) is 0 Å². The Morgan fingerprint density at radius 1 is 0.917 bits per heavy atom. The molecular weight excluding hydrogens is 365 g/mol. The summed E-state index contributed by atoms with van der Waals surface area (Å²) in [5.74, 6) is -0.754. The summed E-state index contributed by atoms with van der Waals surface area (Å²) >= 11 is 11.6. The van der Waals surface area contributed by atoms with Crippen molar-refractivity contribution < 1.29 is 20.1 Å². The van der Waals surface area contributed by atoms with Crippen molar-refractivity contribution in [2.24, 2.45) is 0 Å². The molecule has 0 aliphatic carbocycles. The number of halogens is 2. The van der Waals surface area contributed by atoms with Crippen LogP contribution in [-0.2, 0) is 0 Å². The molecule has 24 heavy (non-hydrogen) atoms. The summed E-state index contributed by atoms with van der Waals surface area (Å²) in [5.41, 5.74) is -1.05. The van der Waals surface area contributed by atoms with Crippen molar-refractivity contribution in [3.63, 3.8) is 0 Å². The van der Waals surface area contributed by atoms with E-state index in [1.165, 1.54) is 18.2 Å². The maximum Gasteiger partial charge on any atom is 0.277 e. The molecule has 9 nitrogen and oxygen atoms in total. The molecule has 0 aromatic heterocycles. The molecule has 11 heteroatoms. The van der Waals surface area contributed by atoms with Gasteiger partial charge >= 0.3 is 0 Å². The number of amides is 1. The Bertz CT molecular complexity index is 795. The highest BCUT2D eigenvalue weighted by Crippen LogP contribution is 2.26. The number of nitro groups is 2. The molecule has 0 spiro atoms. The molecule has 0 bridgehead atoms. The average Bonchev–Trinajstić information content (AvgIpc) is 2.50. The van der Waals surface area contributed by atoms with Gasteiger partial charge in [0, 0.05) is 17.8 Å². The van der Waals surface area contributed by atoms with Gasteiger partial charge in [-0.2, -0.15) is 0 Å². The topological polar surface area (TPSA) is 147 Å². The number of anilines is 1. The van der Waals surface area contributed by atoms with Gasteiger partial charge in [0.1, 0.15) is 0 Å². The normalized spacial score (nSPS) is 9.75. The summed E-state index contributed by atoms with van der Waals surface area (Å²) in [7, 11) is 0. The van der Waals surface area contributed by atoms with Gasteiger partial charge < -0.3 is 10.8 Å². The molecule has 0 unspecified atom stereocenters. The van der Waals surface area contributed by atoms with E-state index in [1.54, 1.807) is 0 Å². The lowest BCUT2D eigenvalue weighted by Crippen LogP contribution is -2.12. The molecule has 0 fully saturated rings. The summed E-state index contributed by atoms with van der Waals surface area (Å²) in [6, 6.07) is 6.97. The zero-order valence-corrected chi connectivity index (χ0v) is 13.2. The third-order valence-electron chi connectivity index (χ3n) is 2.76. The van der Waals surface area contributed by atoms with Gasteiger partial charge in [-0.25, -0.2) is 0 Å². The monoisotopic (exact) mass is 373 g/mol. The van der Waals surface area contributed by atoms with Crippen LogP contribution in [0.5, 0.6) is 0 Å². The van der Waals surface area contributed by atoms with Gasteiger partial charge in [0.15, 0.2) is 0 Å². The lowest BCUT2D eigenvalue weighted by atomic mass is 10.1. The third-order valence-corrected chi connectivity index (χ3v) is 3.50. The number of hydrogen-bond acceptors (Lipinski definition) is 5. The minimum Gasteiger partial charge on any atom is -0.412 e. The zero-order chi connectivity index (χ0) is 17.1. The number of nitro benzene ring substituents is 2. The van der Waals surface area contributed by atoms with Crippen LogP contribution in [0.15, 0.2) is 36.4 Å². The summed E-state index contributed by atoms with van der Waals surface area (Å²) in [5, 5.41) is 24.5. The summed E-state index contributed by atoms with van der Waals surface area (Å²) in [4.78, 5) is 32.1. The van der Waals surface area contributed by atoms with Crippen LogP contribution in [0.25, 0.3) is 0 Å². The number of benzene rings is 2. The number of hydrogen-bond donors (Lipinski definition) is 1. The summed E-state index contributed by atoms with van der Waals surface area (Å²) in [6.07, 6.45) is 0. The van der Waals surface area contributed by atoms with Crippen LogP contribution < -0.4 is 5.32 Å². The fourth-order valence-corrected chi connectivity index (χ4v) is 2.01. The fraction of sp³-hybridized carbons (Fsp3) is 0. The van der Waals surface area contributed by atoms with Gasteiger partial charge in [-0.15, -0.1) is 0 Å². The van der Waals surface area contributed by atoms with Gasteiger partial charge in [-0.3, -0.25) is 25.0 Å². The lowest BCUT2D eigenvalue weighted by molar-refractivity contribution is -0.394. The van der Waals surface area contributed by atoms with Crippen molar-refractivity contribution >= 4 is 46.2 Å². The van der Waals surface area contributed by atoms with Gasteiger partial charge in [-0.1, -0.05) is 23.2 Å².